The van der Waals surface area contributed by atoms with E-state index in [9.17, 15) is 14.5 Å². The summed E-state index contributed by atoms with van der Waals surface area (Å²) in [6.07, 6.45) is 4.33. The van der Waals surface area contributed by atoms with E-state index in [1.807, 2.05) is 7.05 Å². The molecular weight excluding hydrogens is 331 g/mol. The molecule has 130 valence electrons. The predicted molar refractivity (Wildman–Crippen MR) is 89.5 cm³/mol. The smallest absolute Gasteiger partial charge is 0.307 e. The second kappa shape index (κ2) is 7.93. The van der Waals surface area contributed by atoms with Gasteiger partial charge in [0, 0.05) is 24.5 Å². The topological polar surface area (TPSA) is 131 Å². The molecular formula is C15H16FN6O3+. The number of anilines is 2. The van der Waals surface area contributed by atoms with Crippen LogP contribution in [-0.2, 0) is 0 Å². The van der Waals surface area contributed by atoms with Gasteiger partial charge in [-0.1, -0.05) is 0 Å². The van der Waals surface area contributed by atoms with Gasteiger partial charge in [0.05, 0.1) is 36.0 Å². The largest absolute Gasteiger partial charge is 0.494 e. The summed E-state index contributed by atoms with van der Waals surface area (Å²) in [7, 11) is 3.13. The number of hydrogen-bond acceptors (Lipinski definition) is 7. The van der Waals surface area contributed by atoms with Crippen LogP contribution >= 0.6 is 0 Å². The SMILES string of the molecule is C[NH2+]/C=C(\C=N)c1ccnc(Nc2cc([N+](=O)[O-])c(F)cc2OC)n1. The molecule has 1 aromatic heterocycles. The summed E-state index contributed by atoms with van der Waals surface area (Å²) in [5, 5.41) is 22.9. The third-order valence-electron chi connectivity index (χ3n) is 3.17. The Balaban J connectivity index is 2.43. The Kier molecular flexibility index (Phi) is 5.69. The van der Waals surface area contributed by atoms with Crippen molar-refractivity contribution in [3.05, 3.63) is 52.2 Å². The normalized spacial score (nSPS) is 11.1. The lowest BCUT2D eigenvalue weighted by Crippen LogP contribution is -2.72. The van der Waals surface area contributed by atoms with Crippen LogP contribution in [0.2, 0.25) is 0 Å². The van der Waals surface area contributed by atoms with Crippen LogP contribution in [0.1, 0.15) is 5.69 Å². The fourth-order valence-corrected chi connectivity index (χ4v) is 2.04. The molecule has 0 saturated carbocycles. The minimum Gasteiger partial charge on any atom is -0.494 e. The number of benzene rings is 1. The van der Waals surface area contributed by atoms with Crippen LogP contribution in [0.4, 0.5) is 21.7 Å². The van der Waals surface area contributed by atoms with Crippen LogP contribution in [0.15, 0.2) is 30.6 Å². The van der Waals surface area contributed by atoms with Crippen molar-refractivity contribution < 1.29 is 19.4 Å². The van der Waals surface area contributed by atoms with Crippen molar-refractivity contribution in [1.82, 2.24) is 9.97 Å². The number of ether oxygens (including phenoxy) is 1. The Morgan fingerprint density at radius 2 is 2.28 bits per heavy atom. The van der Waals surface area contributed by atoms with E-state index in [2.05, 4.69) is 15.3 Å². The molecule has 9 nitrogen and oxygen atoms in total. The Morgan fingerprint density at radius 3 is 2.88 bits per heavy atom. The van der Waals surface area contributed by atoms with Gasteiger partial charge in [-0.15, -0.1) is 0 Å². The van der Waals surface area contributed by atoms with Gasteiger partial charge in [0.2, 0.25) is 11.8 Å². The maximum Gasteiger partial charge on any atom is 0.307 e. The lowest BCUT2D eigenvalue weighted by atomic mass is 10.2. The zero-order chi connectivity index (χ0) is 18.4. The average molecular weight is 347 g/mol. The van der Waals surface area contributed by atoms with Crippen molar-refractivity contribution in [3.63, 3.8) is 0 Å². The minimum atomic E-state index is -1.01. The summed E-state index contributed by atoms with van der Waals surface area (Å²) in [6.45, 7) is 0. The van der Waals surface area contributed by atoms with E-state index in [1.165, 1.54) is 13.3 Å². The fraction of sp³-hybridized carbons (Fsp3) is 0.133. The molecule has 0 unspecified atom stereocenters. The predicted octanol–water partition coefficient (Wildman–Crippen LogP) is 1.46. The average Bonchev–Trinajstić information content (AvgIpc) is 2.60. The van der Waals surface area contributed by atoms with Crippen LogP contribution in [0, 0.1) is 21.3 Å². The first-order chi connectivity index (χ1) is 12.0. The highest BCUT2D eigenvalue weighted by molar-refractivity contribution is 6.06. The quantitative estimate of drug-likeness (QED) is 0.395. The number of allylic oxidation sites excluding steroid dienone is 1. The number of quaternary nitrogens is 1. The molecule has 10 heteroatoms. The first-order valence-corrected chi connectivity index (χ1v) is 7.12. The van der Waals surface area contributed by atoms with Crippen molar-refractivity contribution in [1.29, 1.82) is 5.41 Å². The first kappa shape index (κ1) is 17.9. The monoisotopic (exact) mass is 347 g/mol. The van der Waals surface area contributed by atoms with Gasteiger partial charge in [-0.25, -0.2) is 9.97 Å². The van der Waals surface area contributed by atoms with E-state index in [0.29, 0.717) is 11.3 Å². The molecule has 0 radical (unpaired) electrons. The van der Waals surface area contributed by atoms with Gasteiger partial charge < -0.3 is 20.8 Å². The number of hydrogen-bond donors (Lipinski definition) is 3. The molecule has 0 aliphatic heterocycles. The van der Waals surface area contributed by atoms with Crippen molar-refractivity contribution in [2.45, 2.75) is 0 Å². The molecule has 0 saturated heterocycles. The van der Waals surface area contributed by atoms with E-state index in [1.54, 1.807) is 17.6 Å². The second-order valence-corrected chi connectivity index (χ2v) is 4.75. The van der Waals surface area contributed by atoms with E-state index in [4.69, 9.17) is 10.1 Å². The van der Waals surface area contributed by atoms with Crippen molar-refractivity contribution in [2.24, 2.45) is 0 Å². The number of nitrogens with two attached hydrogens (primary N) is 1. The maximum absolute atomic E-state index is 13.7. The fourth-order valence-electron chi connectivity index (χ4n) is 2.04. The number of aromatic nitrogens is 2. The molecule has 25 heavy (non-hydrogen) atoms. The third-order valence-corrected chi connectivity index (χ3v) is 3.17. The Hall–Kier alpha value is -3.40. The molecule has 2 rings (SSSR count). The van der Waals surface area contributed by atoms with Crippen molar-refractivity contribution in [3.8, 4) is 5.75 Å². The van der Waals surface area contributed by atoms with Gasteiger partial charge in [0.15, 0.2) is 0 Å². The number of nitro groups is 1. The Labute approximate surface area is 142 Å². The Morgan fingerprint density at radius 1 is 1.52 bits per heavy atom. The summed E-state index contributed by atoms with van der Waals surface area (Å²) in [5.41, 5.74) is 0.501. The molecule has 0 bridgehead atoms. The minimum absolute atomic E-state index is 0.0711. The summed E-state index contributed by atoms with van der Waals surface area (Å²) < 4.78 is 18.7. The number of methoxy groups -OCH3 is 1. The van der Waals surface area contributed by atoms with Crippen LogP contribution in [0.25, 0.3) is 5.57 Å². The van der Waals surface area contributed by atoms with Gasteiger partial charge in [-0.3, -0.25) is 10.1 Å². The zero-order valence-electron chi connectivity index (χ0n) is 13.5. The summed E-state index contributed by atoms with van der Waals surface area (Å²) in [6, 6.07) is 3.55. The molecule has 0 spiro atoms. The van der Waals surface area contributed by atoms with Crippen molar-refractivity contribution >= 4 is 29.1 Å². The standard InChI is InChI=1S/C15H15FN6O3/c1-18-8-9(7-17)11-3-4-19-15(20-11)21-12-6-13(22(23)24)10(16)5-14(12)25-2/h3-8,17-18H,1-2H3,(H,19,20,21)/p+1/b9-8+,17-7?. The van der Waals surface area contributed by atoms with Crippen LogP contribution in [0.5, 0.6) is 5.75 Å². The molecule has 1 aromatic carbocycles. The maximum atomic E-state index is 13.7. The van der Waals surface area contributed by atoms with Gasteiger partial charge in [0.1, 0.15) is 11.9 Å². The number of rotatable bonds is 7. The molecule has 0 atom stereocenters. The molecule has 0 fully saturated rings. The molecule has 0 aliphatic carbocycles. The molecule has 0 amide bonds. The molecule has 0 aliphatic rings. The summed E-state index contributed by atoms with van der Waals surface area (Å²) in [4.78, 5) is 18.4. The van der Waals surface area contributed by atoms with E-state index < -0.39 is 16.4 Å². The molecule has 1 heterocycles. The van der Waals surface area contributed by atoms with E-state index in [0.717, 1.165) is 18.3 Å². The van der Waals surface area contributed by atoms with Gasteiger partial charge in [0.25, 0.3) is 0 Å². The highest BCUT2D eigenvalue weighted by Gasteiger charge is 2.19. The number of nitrogens with one attached hydrogen (secondary N) is 2. The second-order valence-electron chi connectivity index (χ2n) is 4.75. The van der Waals surface area contributed by atoms with Gasteiger partial charge >= 0.3 is 5.69 Å². The van der Waals surface area contributed by atoms with E-state index in [-0.39, 0.29) is 17.4 Å². The van der Waals surface area contributed by atoms with Gasteiger partial charge in [-0.2, -0.15) is 4.39 Å². The Bertz CT molecular complexity index is 840. The number of nitrogens with zero attached hydrogens (tertiary/aromatic N) is 3. The molecule has 2 aromatic rings. The van der Waals surface area contributed by atoms with Crippen LogP contribution in [0.3, 0.4) is 0 Å². The number of halogens is 1. The van der Waals surface area contributed by atoms with Crippen LogP contribution in [-0.4, -0.2) is 35.3 Å². The third kappa shape index (κ3) is 4.12. The summed E-state index contributed by atoms with van der Waals surface area (Å²) >= 11 is 0. The highest BCUT2D eigenvalue weighted by atomic mass is 19.1. The number of nitro benzene ring substituents is 1. The highest BCUT2D eigenvalue weighted by Crippen LogP contribution is 2.33. The summed E-state index contributed by atoms with van der Waals surface area (Å²) in [5.74, 6) is -0.808. The van der Waals surface area contributed by atoms with Crippen LogP contribution < -0.4 is 15.4 Å². The van der Waals surface area contributed by atoms with Gasteiger partial charge in [-0.05, 0) is 6.07 Å². The lowest BCUT2D eigenvalue weighted by molar-refractivity contribution is -0.555. The van der Waals surface area contributed by atoms with Crippen molar-refractivity contribution in [2.75, 3.05) is 19.5 Å². The van der Waals surface area contributed by atoms with E-state index >= 15 is 0 Å². The lowest BCUT2D eigenvalue weighted by Gasteiger charge is -2.11. The molecule has 4 N–H and O–H groups in total. The first-order valence-electron chi connectivity index (χ1n) is 7.12. The zero-order valence-corrected chi connectivity index (χ0v) is 13.5.